The van der Waals surface area contributed by atoms with Crippen LogP contribution >= 0.6 is 0 Å². The number of aliphatic hydroxyl groups excluding tert-OH is 4. The van der Waals surface area contributed by atoms with Crippen LogP contribution in [0, 0.1) is 34.0 Å². The predicted molar refractivity (Wildman–Crippen MR) is 91.8 cm³/mol. The maximum absolute atomic E-state index is 13.4. The first-order chi connectivity index (χ1) is 12.5. The average molecular weight is 380 g/mol. The lowest BCUT2D eigenvalue weighted by atomic mass is 9.35. The fourth-order valence-electron chi connectivity index (χ4n) is 7.96. The zero-order valence-electron chi connectivity index (χ0n) is 15.6. The van der Waals surface area contributed by atoms with Crippen molar-refractivity contribution in [1.29, 1.82) is 0 Å². The molecule has 4 saturated carbocycles. The largest absolute Gasteiger partial charge is 0.392 e. The molecule has 0 aromatic heterocycles. The summed E-state index contributed by atoms with van der Waals surface area (Å²) in [6.45, 7) is 7.72. The van der Waals surface area contributed by atoms with Gasteiger partial charge in [0.15, 0.2) is 12.1 Å². The quantitative estimate of drug-likeness (QED) is 0.365. The monoisotopic (exact) mass is 380 g/mol. The van der Waals surface area contributed by atoms with Gasteiger partial charge in [0.05, 0.1) is 17.6 Å². The summed E-state index contributed by atoms with van der Waals surface area (Å²) >= 11 is 0. The number of fused-ring (bicyclic) bond motifs is 2. The minimum atomic E-state index is -2.42. The van der Waals surface area contributed by atoms with Crippen LogP contribution in [0.5, 0.6) is 0 Å². The van der Waals surface area contributed by atoms with Crippen molar-refractivity contribution in [2.24, 2.45) is 34.0 Å². The van der Waals surface area contributed by atoms with Gasteiger partial charge in [-0.2, -0.15) is 0 Å². The van der Waals surface area contributed by atoms with Crippen LogP contribution in [0.3, 0.4) is 0 Å². The summed E-state index contributed by atoms with van der Waals surface area (Å²) in [5.74, 6) is -4.83. The zero-order chi connectivity index (χ0) is 19.7. The van der Waals surface area contributed by atoms with Gasteiger partial charge in [-0.1, -0.05) is 20.4 Å². The normalized spacial score (nSPS) is 60.9. The van der Waals surface area contributed by atoms with E-state index in [1.54, 1.807) is 0 Å². The smallest absolute Gasteiger partial charge is 0.211 e. The molecular weight excluding hydrogens is 352 g/mol. The molecule has 6 aliphatic rings. The second-order valence-corrected chi connectivity index (χ2v) is 10.0. The summed E-state index contributed by atoms with van der Waals surface area (Å²) in [5, 5.41) is 56.2. The summed E-state index contributed by atoms with van der Waals surface area (Å²) in [6, 6.07) is 0. The summed E-state index contributed by atoms with van der Waals surface area (Å²) in [5.41, 5.74) is -3.41. The highest BCUT2D eigenvalue weighted by molar-refractivity contribution is 6.05. The van der Waals surface area contributed by atoms with Crippen LogP contribution in [-0.2, 0) is 9.53 Å². The third-order valence-electron chi connectivity index (χ3n) is 8.93. The Morgan fingerprint density at radius 2 is 1.74 bits per heavy atom. The molecule has 4 aliphatic carbocycles. The first-order valence-corrected chi connectivity index (χ1v) is 9.85. The molecule has 2 saturated heterocycles. The van der Waals surface area contributed by atoms with Crippen molar-refractivity contribution >= 4 is 5.78 Å². The van der Waals surface area contributed by atoms with E-state index in [0.717, 1.165) is 0 Å². The molecule has 0 aromatic rings. The van der Waals surface area contributed by atoms with Crippen LogP contribution < -0.4 is 0 Å². The lowest BCUT2D eigenvalue weighted by molar-refractivity contribution is -0.507. The number of carbonyl (C=O) groups is 1. The minimum absolute atomic E-state index is 0.230. The van der Waals surface area contributed by atoms with Gasteiger partial charge in [-0.3, -0.25) is 4.79 Å². The van der Waals surface area contributed by atoms with Crippen molar-refractivity contribution in [2.75, 3.05) is 0 Å². The van der Waals surface area contributed by atoms with Crippen LogP contribution in [0.2, 0.25) is 0 Å². The van der Waals surface area contributed by atoms with E-state index in [0.29, 0.717) is 25.7 Å². The molecule has 1 unspecified atom stereocenters. The molecule has 2 aliphatic heterocycles. The van der Waals surface area contributed by atoms with Crippen LogP contribution in [0.4, 0.5) is 0 Å². The van der Waals surface area contributed by atoms with Gasteiger partial charge >= 0.3 is 0 Å². The van der Waals surface area contributed by atoms with Crippen molar-refractivity contribution in [3.8, 4) is 0 Å². The van der Waals surface area contributed by atoms with Crippen molar-refractivity contribution < 1.29 is 35.1 Å². The standard InChI is InChI=1S/C20H28O7/c1-8-9-4-5-10-18-11(21)6-7-17(2,3)12(18)15(24)20(26,27-16(18)25)19(10,13(8)22)14(9)23/h9-12,14-16,21,23-26H,1,4-7H2,2-3H3/t9-,10-,11-,12+,14+,15-,16+,18?,19-,20+/m0/s1. The van der Waals surface area contributed by atoms with Gasteiger partial charge in [-0.25, -0.2) is 0 Å². The molecule has 7 heteroatoms. The molecule has 2 heterocycles. The third-order valence-corrected chi connectivity index (χ3v) is 8.93. The average Bonchev–Trinajstić information content (AvgIpc) is 2.70. The number of rotatable bonds is 0. The van der Waals surface area contributed by atoms with Crippen molar-refractivity contribution in [3.63, 3.8) is 0 Å². The van der Waals surface area contributed by atoms with Crippen LogP contribution in [0.1, 0.15) is 39.5 Å². The molecule has 2 spiro atoms. The van der Waals surface area contributed by atoms with Crippen LogP contribution in [0.25, 0.3) is 0 Å². The molecular formula is C20H28O7. The van der Waals surface area contributed by atoms with Gasteiger partial charge in [-0.05, 0) is 42.6 Å². The molecule has 0 radical (unpaired) electrons. The molecule has 7 nitrogen and oxygen atoms in total. The molecule has 150 valence electrons. The zero-order valence-corrected chi connectivity index (χ0v) is 15.6. The molecule has 27 heavy (non-hydrogen) atoms. The van der Waals surface area contributed by atoms with Crippen LogP contribution in [0.15, 0.2) is 12.2 Å². The number of Topliss-reactive ketones (excluding diaryl/α,β-unsaturated/α-hetero) is 1. The maximum Gasteiger partial charge on any atom is 0.211 e. The SMILES string of the molecule is C=C1C(=O)[C@]23[C@H](O)[C@H]1CC[C@H]2C12[C@H](O)O[C@]3(O)[C@@H](O)[C@@H]1C(C)(C)CC[C@@H]2O. The van der Waals surface area contributed by atoms with Crippen molar-refractivity contribution in [2.45, 2.75) is 69.9 Å². The Morgan fingerprint density at radius 1 is 1.07 bits per heavy atom. The van der Waals surface area contributed by atoms with E-state index < -0.39 is 70.2 Å². The summed E-state index contributed by atoms with van der Waals surface area (Å²) in [4.78, 5) is 13.4. The van der Waals surface area contributed by atoms with E-state index in [1.165, 1.54) is 0 Å². The van der Waals surface area contributed by atoms with E-state index in [9.17, 15) is 30.3 Å². The van der Waals surface area contributed by atoms with Gasteiger partial charge in [0.2, 0.25) is 5.79 Å². The van der Waals surface area contributed by atoms with Crippen LogP contribution in [-0.4, -0.2) is 61.7 Å². The first-order valence-electron chi connectivity index (χ1n) is 9.85. The third kappa shape index (κ3) is 1.52. The lowest BCUT2D eigenvalue weighted by Gasteiger charge is -2.75. The predicted octanol–water partition coefficient (Wildman–Crippen LogP) is -0.306. The molecule has 0 amide bonds. The van der Waals surface area contributed by atoms with Gasteiger partial charge in [0, 0.05) is 11.8 Å². The number of ketones is 1. The van der Waals surface area contributed by atoms with E-state index >= 15 is 0 Å². The number of hydrogen-bond acceptors (Lipinski definition) is 7. The topological polar surface area (TPSA) is 127 Å². The number of aliphatic hydroxyl groups is 5. The fraction of sp³-hybridized carbons (Fsp3) is 0.850. The second kappa shape index (κ2) is 4.83. The highest BCUT2D eigenvalue weighted by Crippen LogP contribution is 2.77. The molecule has 5 N–H and O–H groups in total. The van der Waals surface area contributed by atoms with Crippen molar-refractivity contribution in [1.82, 2.24) is 0 Å². The molecule has 4 bridgehead atoms. The highest BCUT2D eigenvalue weighted by atomic mass is 16.7. The van der Waals surface area contributed by atoms with E-state index in [1.807, 2.05) is 13.8 Å². The Bertz CT molecular complexity index is 749. The fourth-order valence-corrected chi connectivity index (χ4v) is 7.96. The minimum Gasteiger partial charge on any atom is -0.392 e. The van der Waals surface area contributed by atoms with Crippen molar-refractivity contribution in [3.05, 3.63) is 12.2 Å². The Kier molecular flexibility index (Phi) is 3.26. The summed E-state index contributed by atoms with van der Waals surface area (Å²) in [7, 11) is 0. The van der Waals surface area contributed by atoms with Gasteiger partial charge in [0.25, 0.3) is 0 Å². The molecule has 6 rings (SSSR count). The number of hydrogen-bond donors (Lipinski definition) is 5. The van der Waals surface area contributed by atoms with Gasteiger partial charge in [0.1, 0.15) is 11.5 Å². The number of carbonyl (C=O) groups excluding carboxylic acids is 1. The molecule has 0 aromatic carbocycles. The van der Waals surface area contributed by atoms with E-state index in [2.05, 4.69) is 6.58 Å². The Hall–Kier alpha value is -0.830. The second-order valence-electron chi connectivity index (χ2n) is 10.0. The summed E-state index contributed by atoms with van der Waals surface area (Å²) in [6.07, 6.45) is -3.43. The van der Waals surface area contributed by atoms with Gasteiger partial charge in [-0.15, -0.1) is 0 Å². The maximum atomic E-state index is 13.4. The Labute approximate surface area is 157 Å². The van der Waals surface area contributed by atoms with E-state index in [-0.39, 0.29) is 5.57 Å². The Morgan fingerprint density at radius 3 is 2.41 bits per heavy atom. The molecule has 6 fully saturated rings. The highest BCUT2D eigenvalue weighted by Gasteiger charge is 2.88. The lowest BCUT2D eigenvalue weighted by Crippen LogP contribution is -2.87. The Balaban J connectivity index is 1.84. The molecule has 10 atom stereocenters. The van der Waals surface area contributed by atoms with E-state index in [4.69, 9.17) is 4.74 Å². The number of ether oxygens (including phenoxy) is 1. The summed E-state index contributed by atoms with van der Waals surface area (Å²) < 4.78 is 5.57. The van der Waals surface area contributed by atoms with Gasteiger partial charge < -0.3 is 30.3 Å². The first kappa shape index (κ1) is 18.2.